The summed E-state index contributed by atoms with van der Waals surface area (Å²) in [5.74, 6) is 1.17. The van der Waals surface area contributed by atoms with Crippen LogP contribution >= 0.6 is 23.1 Å². The van der Waals surface area contributed by atoms with Crippen molar-refractivity contribution in [3.63, 3.8) is 0 Å². The fourth-order valence-corrected chi connectivity index (χ4v) is 4.57. The lowest BCUT2D eigenvalue weighted by Gasteiger charge is -2.24. The van der Waals surface area contributed by atoms with Crippen LogP contribution in [0.5, 0.6) is 0 Å². The Bertz CT molecular complexity index is 615. The number of carbonyl (C=O) groups excluding carboxylic acids is 1. The van der Waals surface area contributed by atoms with E-state index in [9.17, 15) is 9.90 Å². The number of thioether (sulfide) groups is 1. The van der Waals surface area contributed by atoms with Crippen LogP contribution in [0.3, 0.4) is 0 Å². The number of amides is 1. The van der Waals surface area contributed by atoms with Crippen molar-refractivity contribution < 1.29 is 9.90 Å². The van der Waals surface area contributed by atoms with Gasteiger partial charge in [-0.1, -0.05) is 30.3 Å². The van der Waals surface area contributed by atoms with Gasteiger partial charge in [0.15, 0.2) is 0 Å². The topological polar surface area (TPSA) is 40.5 Å². The first-order valence-electron chi connectivity index (χ1n) is 7.88. The van der Waals surface area contributed by atoms with Crippen LogP contribution in [0, 0.1) is 0 Å². The molecule has 1 aromatic carbocycles. The second-order valence-electron chi connectivity index (χ2n) is 5.74. The Labute approximate surface area is 145 Å². The van der Waals surface area contributed by atoms with Gasteiger partial charge in [0.25, 0.3) is 0 Å². The van der Waals surface area contributed by atoms with Crippen molar-refractivity contribution >= 4 is 29.0 Å². The number of hydrogen-bond donors (Lipinski definition) is 1. The van der Waals surface area contributed by atoms with Crippen LogP contribution in [0.1, 0.15) is 36.1 Å². The zero-order valence-corrected chi connectivity index (χ0v) is 14.6. The molecular formula is C18H21NO2S2. The van der Waals surface area contributed by atoms with Crippen LogP contribution in [0.25, 0.3) is 0 Å². The van der Waals surface area contributed by atoms with E-state index in [1.807, 2.05) is 35.2 Å². The van der Waals surface area contributed by atoms with E-state index in [-0.39, 0.29) is 11.9 Å². The number of thiophene rings is 1. The Morgan fingerprint density at radius 3 is 2.91 bits per heavy atom. The number of benzene rings is 1. The highest BCUT2D eigenvalue weighted by Gasteiger charge is 2.29. The molecule has 0 spiro atoms. The smallest absolute Gasteiger partial charge is 0.233 e. The van der Waals surface area contributed by atoms with Gasteiger partial charge in [-0.3, -0.25) is 4.79 Å². The third-order valence-electron chi connectivity index (χ3n) is 4.19. The second kappa shape index (κ2) is 7.99. The third-order valence-corrected chi connectivity index (χ3v) is 5.89. The first-order valence-corrected chi connectivity index (χ1v) is 9.98. The van der Waals surface area contributed by atoms with Crippen LogP contribution in [0.2, 0.25) is 0 Å². The Balaban J connectivity index is 1.49. The Morgan fingerprint density at radius 1 is 1.35 bits per heavy atom. The number of nitrogens with zero attached hydrogens (tertiary/aromatic N) is 1. The van der Waals surface area contributed by atoms with E-state index >= 15 is 0 Å². The van der Waals surface area contributed by atoms with Crippen LogP contribution in [-0.2, 0) is 4.79 Å². The van der Waals surface area contributed by atoms with E-state index in [0.29, 0.717) is 11.5 Å². The Kier molecular flexibility index (Phi) is 5.75. The van der Waals surface area contributed by atoms with Gasteiger partial charge in [0, 0.05) is 12.3 Å². The molecule has 1 aliphatic heterocycles. The molecule has 1 saturated heterocycles. The molecule has 3 nitrogen and oxygen atoms in total. The monoisotopic (exact) mass is 347 g/mol. The van der Waals surface area contributed by atoms with Crippen LogP contribution in [0.4, 0.5) is 0 Å². The molecule has 0 bridgehead atoms. The Hall–Kier alpha value is -1.30. The van der Waals surface area contributed by atoms with Gasteiger partial charge < -0.3 is 10.0 Å². The summed E-state index contributed by atoms with van der Waals surface area (Å²) < 4.78 is 0. The molecule has 23 heavy (non-hydrogen) atoms. The summed E-state index contributed by atoms with van der Waals surface area (Å²) >= 11 is 3.20. The normalized spacial score (nSPS) is 19.0. The van der Waals surface area contributed by atoms with Crippen molar-refractivity contribution in [1.82, 2.24) is 4.90 Å². The summed E-state index contributed by atoms with van der Waals surface area (Å²) in [6.45, 7) is 0.848. The van der Waals surface area contributed by atoms with Gasteiger partial charge in [-0.05, 0) is 40.8 Å². The average molecular weight is 348 g/mol. The highest BCUT2D eigenvalue weighted by molar-refractivity contribution is 7.99. The van der Waals surface area contributed by atoms with Gasteiger partial charge >= 0.3 is 0 Å². The van der Waals surface area contributed by atoms with Crippen molar-refractivity contribution in [2.45, 2.75) is 25.0 Å². The summed E-state index contributed by atoms with van der Waals surface area (Å²) in [6.07, 6.45) is 1.61. The number of likely N-dealkylation sites (tertiary alicyclic amines) is 1. The third kappa shape index (κ3) is 4.16. The largest absolute Gasteiger partial charge is 0.388 e. The standard InChI is InChI=1S/C18H21NO2S2/c20-17(14-5-2-1-3-6-14)12-23-13-18(21)19-9-4-7-16(19)15-8-10-22-11-15/h1-3,5-6,8,10-11,16-17,20H,4,7,9,12-13H2. The zero-order valence-electron chi connectivity index (χ0n) is 12.9. The van der Waals surface area contributed by atoms with Crippen LogP contribution in [-0.4, -0.2) is 34.0 Å². The SMILES string of the molecule is O=C(CSCC(O)c1ccccc1)N1CCCC1c1ccsc1. The molecule has 0 saturated carbocycles. The molecule has 122 valence electrons. The van der Waals surface area contributed by atoms with E-state index in [0.717, 1.165) is 24.9 Å². The first kappa shape index (κ1) is 16.6. The predicted octanol–water partition coefficient (Wildman–Crippen LogP) is 3.88. The summed E-state index contributed by atoms with van der Waals surface area (Å²) in [7, 11) is 0. The molecular weight excluding hydrogens is 326 g/mol. The molecule has 1 fully saturated rings. The van der Waals surface area contributed by atoms with Crippen molar-refractivity contribution in [3.05, 3.63) is 58.3 Å². The number of carbonyl (C=O) groups is 1. The minimum atomic E-state index is -0.514. The Morgan fingerprint density at radius 2 is 2.17 bits per heavy atom. The average Bonchev–Trinajstić information content (AvgIpc) is 3.26. The van der Waals surface area contributed by atoms with Gasteiger partial charge in [0.2, 0.25) is 5.91 Å². The summed E-state index contributed by atoms with van der Waals surface area (Å²) in [5, 5.41) is 14.4. The molecule has 2 atom stereocenters. The lowest BCUT2D eigenvalue weighted by atomic mass is 10.1. The lowest BCUT2D eigenvalue weighted by Crippen LogP contribution is -2.32. The van der Waals surface area contributed by atoms with Gasteiger partial charge in [0.1, 0.15) is 0 Å². The molecule has 2 unspecified atom stereocenters. The molecule has 5 heteroatoms. The molecule has 2 aromatic rings. The highest BCUT2D eigenvalue weighted by Crippen LogP contribution is 2.33. The minimum Gasteiger partial charge on any atom is -0.388 e. The van der Waals surface area contributed by atoms with E-state index in [1.54, 1.807) is 11.3 Å². The molecule has 1 aromatic heterocycles. The number of aliphatic hydroxyl groups is 1. The van der Waals surface area contributed by atoms with Gasteiger partial charge in [-0.25, -0.2) is 0 Å². The molecule has 0 radical (unpaired) electrons. The van der Waals surface area contributed by atoms with Crippen molar-refractivity contribution in [2.24, 2.45) is 0 Å². The zero-order chi connectivity index (χ0) is 16.1. The van der Waals surface area contributed by atoms with E-state index in [2.05, 4.69) is 16.8 Å². The van der Waals surface area contributed by atoms with E-state index in [4.69, 9.17) is 0 Å². The maximum atomic E-state index is 12.5. The second-order valence-corrected chi connectivity index (χ2v) is 7.55. The summed E-state index contributed by atoms with van der Waals surface area (Å²) in [6, 6.07) is 12.0. The first-order chi connectivity index (χ1) is 11.3. The van der Waals surface area contributed by atoms with Crippen LogP contribution < -0.4 is 0 Å². The van der Waals surface area contributed by atoms with Crippen molar-refractivity contribution in [1.29, 1.82) is 0 Å². The van der Waals surface area contributed by atoms with Gasteiger partial charge in [0.05, 0.1) is 17.9 Å². The fraction of sp³-hybridized carbons (Fsp3) is 0.389. The van der Waals surface area contributed by atoms with Crippen molar-refractivity contribution in [2.75, 3.05) is 18.1 Å². The number of hydrogen-bond acceptors (Lipinski definition) is 4. The summed E-state index contributed by atoms with van der Waals surface area (Å²) in [4.78, 5) is 14.5. The molecule has 2 heterocycles. The van der Waals surface area contributed by atoms with E-state index < -0.39 is 6.10 Å². The van der Waals surface area contributed by atoms with E-state index in [1.165, 1.54) is 17.3 Å². The molecule has 1 N–H and O–H groups in total. The highest BCUT2D eigenvalue weighted by atomic mass is 32.2. The van der Waals surface area contributed by atoms with Gasteiger partial charge in [-0.15, -0.1) is 11.8 Å². The molecule has 3 rings (SSSR count). The minimum absolute atomic E-state index is 0.184. The predicted molar refractivity (Wildman–Crippen MR) is 96.7 cm³/mol. The van der Waals surface area contributed by atoms with Crippen LogP contribution in [0.15, 0.2) is 47.2 Å². The number of aliphatic hydroxyl groups excluding tert-OH is 1. The maximum Gasteiger partial charge on any atom is 0.233 e. The number of rotatable bonds is 6. The molecule has 0 aliphatic carbocycles. The van der Waals surface area contributed by atoms with Crippen molar-refractivity contribution in [3.8, 4) is 0 Å². The van der Waals surface area contributed by atoms with Gasteiger partial charge in [-0.2, -0.15) is 11.3 Å². The summed E-state index contributed by atoms with van der Waals surface area (Å²) in [5.41, 5.74) is 2.17. The molecule has 1 amide bonds. The fourth-order valence-electron chi connectivity index (χ4n) is 2.99. The molecule has 1 aliphatic rings. The maximum absolute atomic E-state index is 12.5. The quantitative estimate of drug-likeness (QED) is 0.862. The lowest BCUT2D eigenvalue weighted by molar-refractivity contribution is -0.129.